The lowest BCUT2D eigenvalue weighted by Gasteiger charge is -2.14. The van der Waals surface area contributed by atoms with Crippen molar-refractivity contribution in [2.75, 3.05) is 6.61 Å². The highest BCUT2D eigenvalue weighted by molar-refractivity contribution is 7.89. The maximum atomic E-state index is 12.4. The first-order valence-electron chi connectivity index (χ1n) is 8.70. The van der Waals surface area contributed by atoms with E-state index < -0.39 is 22.1 Å². The van der Waals surface area contributed by atoms with Gasteiger partial charge in [0.2, 0.25) is 10.0 Å². The second-order valence-electron chi connectivity index (χ2n) is 6.71. The van der Waals surface area contributed by atoms with Crippen molar-refractivity contribution in [3.63, 3.8) is 0 Å². The summed E-state index contributed by atoms with van der Waals surface area (Å²) < 4.78 is 73.5. The molecule has 1 saturated carbocycles. The van der Waals surface area contributed by atoms with Gasteiger partial charge in [0.15, 0.2) is 0 Å². The van der Waals surface area contributed by atoms with Crippen LogP contribution in [0.2, 0.25) is 0 Å². The average Bonchev–Trinajstić information content (AvgIpc) is 3.42. The summed E-state index contributed by atoms with van der Waals surface area (Å²) in [6.45, 7) is 2.52. The summed E-state index contributed by atoms with van der Waals surface area (Å²) in [5.74, 6) is 0.701. The van der Waals surface area contributed by atoms with E-state index in [-0.39, 0.29) is 11.4 Å². The highest BCUT2D eigenvalue weighted by Crippen LogP contribution is 2.31. The third kappa shape index (κ3) is 5.87. The molecule has 1 N–H and O–H groups in total. The number of ether oxygens (including phenoxy) is 2. The molecule has 0 radical (unpaired) electrons. The number of hydrogen-bond donors (Lipinski definition) is 1. The van der Waals surface area contributed by atoms with E-state index in [9.17, 15) is 21.6 Å². The van der Waals surface area contributed by atoms with Crippen LogP contribution in [0, 0.1) is 12.8 Å². The number of alkyl halides is 3. The van der Waals surface area contributed by atoms with Gasteiger partial charge >= 0.3 is 6.36 Å². The molecular formula is C19H20F3NO4S. The smallest absolute Gasteiger partial charge is 0.493 e. The maximum absolute atomic E-state index is 12.4. The van der Waals surface area contributed by atoms with Gasteiger partial charge in [0.05, 0.1) is 11.5 Å². The minimum atomic E-state index is -4.83. The summed E-state index contributed by atoms with van der Waals surface area (Å²) in [5.41, 5.74) is 1.68. The van der Waals surface area contributed by atoms with Crippen LogP contribution in [-0.4, -0.2) is 21.4 Å². The number of rotatable bonds is 8. The average molecular weight is 415 g/mol. The maximum Gasteiger partial charge on any atom is 0.573 e. The van der Waals surface area contributed by atoms with Crippen LogP contribution >= 0.6 is 0 Å². The van der Waals surface area contributed by atoms with Gasteiger partial charge in [0, 0.05) is 12.1 Å². The molecule has 1 aliphatic carbocycles. The minimum absolute atomic E-state index is 0.00339. The zero-order chi connectivity index (χ0) is 20.4. The van der Waals surface area contributed by atoms with Crippen LogP contribution in [0.25, 0.3) is 0 Å². The molecule has 0 amide bonds. The number of aryl methyl sites for hydroxylation is 1. The topological polar surface area (TPSA) is 64.6 Å². The monoisotopic (exact) mass is 415 g/mol. The second-order valence-corrected chi connectivity index (χ2v) is 8.48. The molecule has 28 heavy (non-hydrogen) atoms. The Bertz CT molecular complexity index is 923. The first-order chi connectivity index (χ1) is 13.1. The Kier molecular flexibility index (Phi) is 5.85. The second kappa shape index (κ2) is 8.00. The largest absolute Gasteiger partial charge is 0.573 e. The summed E-state index contributed by atoms with van der Waals surface area (Å²) in [4.78, 5) is -0.158. The van der Waals surface area contributed by atoms with Gasteiger partial charge in [-0.2, -0.15) is 0 Å². The third-order valence-corrected chi connectivity index (χ3v) is 5.63. The molecule has 0 aliphatic heterocycles. The Balaban J connectivity index is 1.67. The lowest BCUT2D eigenvalue weighted by atomic mass is 10.1. The van der Waals surface area contributed by atoms with E-state index in [0.29, 0.717) is 23.8 Å². The fourth-order valence-corrected chi connectivity index (χ4v) is 3.52. The fourth-order valence-electron chi connectivity index (χ4n) is 2.51. The molecule has 1 aliphatic rings. The molecule has 0 heterocycles. The van der Waals surface area contributed by atoms with E-state index in [4.69, 9.17) is 4.74 Å². The number of halogens is 3. The highest BCUT2D eigenvalue weighted by atomic mass is 32.2. The fraction of sp³-hybridized carbons (Fsp3) is 0.368. The first kappa shape index (κ1) is 20.5. The first-order valence-corrected chi connectivity index (χ1v) is 10.2. The lowest BCUT2D eigenvalue weighted by molar-refractivity contribution is -0.274. The van der Waals surface area contributed by atoms with E-state index in [1.165, 1.54) is 0 Å². The molecular weight excluding hydrogens is 395 g/mol. The van der Waals surface area contributed by atoms with Crippen LogP contribution in [-0.2, 0) is 16.6 Å². The highest BCUT2D eigenvalue weighted by Gasteiger charge is 2.31. The Hall–Kier alpha value is -2.26. The molecule has 3 rings (SSSR count). The van der Waals surface area contributed by atoms with Crippen molar-refractivity contribution in [1.82, 2.24) is 4.72 Å². The van der Waals surface area contributed by atoms with Crippen molar-refractivity contribution in [3.05, 3.63) is 53.6 Å². The third-order valence-electron chi connectivity index (χ3n) is 4.21. The van der Waals surface area contributed by atoms with Gasteiger partial charge in [0.25, 0.3) is 0 Å². The molecule has 1 fully saturated rings. The standard InChI is InChI=1S/C19H20F3NO4S/c1-13-2-5-15(18(10-13)26-12-14-3-4-14)11-23-28(24,25)17-8-6-16(7-9-17)27-19(20,21)22/h2,5-10,14,23H,3-4,11-12H2,1H3. The zero-order valence-corrected chi connectivity index (χ0v) is 15.9. The van der Waals surface area contributed by atoms with Crippen molar-refractivity contribution in [1.29, 1.82) is 0 Å². The van der Waals surface area contributed by atoms with Crippen molar-refractivity contribution >= 4 is 10.0 Å². The van der Waals surface area contributed by atoms with Crippen molar-refractivity contribution in [2.24, 2.45) is 5.92 Å². The molecule has 9 heteroatoms. The Morgan fingerprint density at radius 3 is 2.39 bits per heavy atom. The zero-order valence-electron chi connectivity index (χ0n) is 15.1. The van der Waals surface area contributed by atoms with Crippen molar-refractivity contribution < 1.29 is 31.1 Å². The summed E-state index contributed by atoms with van der Waals surface area (Å²) in [5, 5.41) is 0. The Labute approximate surface area is 161 Å². The van der Waals surface area contributed by atoms with E-state index in [0.717, 1.165) is 42.7 Å². The predicted octanol–water partition coefficient (Wildman–Crippen LogP) is 4.16. The molecule has 0 atom stereocenters. The van der Waals surface area contributed by atoms with Crippen LogP contribution in [0.3, 0.4) is 0 Å². The Morgan fingerprint density at radius 1 is 1.11 bits per heavy atom. The van der Waals surface area contributed by atoms with Crippen LogP contribution in [0.5, 0.6) is 11.5 Å². The van der Waals surface area contributed by atoms with Gasteiger partial charge in [-0.05, 0) is 61.6 Å². The van der Waals surface area contributed by atoms with Crippen LogP contribution in [0.4, 0.5) is 13.2 Å². The molecule has 0 spiro atoms. The Morgan fingerprint density at radius 2 is 1.79 bits per heavy atom. The molecule has 5 nitrogen and oxygen atoms in total. The van der Waals surface area contributed by atoms with Gasteiger partial charge in [-0.25, -0.2) is 13.1 Å². The van der Waals surface area contributed by atoms with Gasteiger partial charge in [0.1, 0.15) is 11.5 Å². The molecule has 0 saturated heterocycles. The van der Waals surface area contributed by atoms with E-state index >= 15 is 0 Å². The summed E-state index contributed by atoms with van der Waals surface area (Å²) in [7, 11) is -3.91. The molecule has 152 valence electrons. The number of sulfonamides is 1. The SMILES string of the molecule is Cc1ccc(CNS(=O)(=O)c2ccc(OC(F)(F)F)cc2)c(OCC2CC2)c1. The van der Waals surface area contributed by atoms with E-state index in [2.05, 4.69) is 9.46 Å². The summed E-state index contributed by atoms with van der Waals surface area (Å²) in [6, 6.07) is 9.54. The van der Waals surface area contributed by atoms with Gasteiger partial charge in [-0.15, -0.1) is 13.2 Å². The molecule has 0 unspecified atom stereocenters. The number of hydrogen-bond acceptors (Lipinski definition) is 4. The van der Waals surface area contributed by atoms with Crippen LogP contribution in [0.1, 0.15) is 24.0 Å². The van der Waals surface area contributed by atoms with Crippen LogP contribution < -0.4 is 14.2 Å². The van der Waals surface area contributed by atoms with Crippen LogP contribution in [0.15, 0.2) is 47.4 Å². The van der Waals surface area contributed by atoms with E-state index in [1.807, 2.05) is 19.1 Å². The van der Waals surface area contributed by atoms with Crippen molar-refractivity contribution in [3.8, 4) is 11.5 Å². The predicted molar refractivity (Wildman–Crippen MR) is 96.5 cm³/mol. The van der Waals surface area contributed by atoms with Gasteiger partial charge in [-0.1, -0.05) is 12.1 Å². The quantitative estimate of drug-likeness (QED) is 0.703. The normalized spacial score (nSPS) is 14.7. The van der Waals surface area contributed by atoms with Gasteiger partial charge < -0.3 is 9.47 Å². The number of nitrogens with one attached hydrogen (secondary N) is 1. The molecule has 0 bridgehead atoms. The minimum Gasteiger partial charge on any atom is -0.493 e. The molecule has 0 aromatic heterocycles. The lowest BCUT2D eigenvalue weighted by Crippen LogP contribution is -2.23. The van der Waals surface area contributed by atoms with Gasteiger partial charge in [-0.3, -0.25) is 0 Å². The molecule has 2 aromatic rings. The van der Waals surface area contributed by atoms with Crippen molar-refractivity contribution in [2.45, 2.75) is 37.6 Å². The number of benzene rings is 2. The van der Waals surface area contributed by atoms with E-state index in [1.54, 1.807) is 6.07 Å². The summed E-state index contributed by atoms with van der Waals surface area (Å²) >= 11 is 0. The summed E-state index contributed by atoms with van der Waals surface area (Å²) in [6.07, 6.45) is -2.55. The molecule has 2 aromatic carbocycles.